The van der Waals surface area contributed by atoms with Crippen molar-refractivity contribution in [3.05, 3.63) is 59.1 Å². The van der Waals surface area contributed by atoms with Crippen LogP contribution in [0.25, 0.3) is 0 Å². The number of nitrogens with one attached hydrogen (secondary N) is 1. The standard InChI is InChI=1S/C15H14ClNO3/c16-14-4-2-1-3-13(14)15(19)17-11-5-7-12(8-6-11)20-10-9-18/h1-8,18H,9-10H2,(H,17,19). The maximum atomic E-state index is 12.0. The Hall–Kier alpha value is -2.04. The molecule has 0 radical (unpaired) electrons. The number of anilines is 1. The Morgan fingerprint density at radius 1 is 1.15 bits per heavy atom. The van der Waals surface area contributed by atoms with Crippen molar-refractivity contribution in [3.63, 3.8) is 0 Å². The van der Waals surface area contributed by atoms with Crippen molar-refractivity contribution in [2.24, 2.45) is 0 Å². The minimum absolute atomic E-state index is 0.0367. The molecule has 0 bridgehead atoms. The molecule has 0 aromatic heterocycles. The fourth-order valence-corrected chi connectivity index (χ4v) is 1.86. The summed E-state index contributed by atoms with van der Waals surface area (Å²) in [7, 11) is 0. The van der Waals surface area contributed by atoms with Crippen LogP contribution in [0.2, 0.25) is 5.02 Å². The lowest BCUT2D eigenvalue weighted by Crippen LogP contribution is -2.12. The average Bonchev–Trinajstić information content (AvgIpc) is 2.47. The van der Waals surface area contributed by atoms with Crippen LogP contribution in [0.15, 0.2) is 48.5 Å². The number of amides is 1. The minimum atomic E-state index is -0.264. The summed E-state index contributed by atoms with van der Waals surface area (Å²) in [5.41, 5.74) is 1.07. The van der Waals surface area contributed by atoms with Gasteiger partial charge in [-0.1, -0.05) is 23.7 Å². The van der Waals surface area contributed by atoms with Gasteiger partial charge in [-0.3, -0.25) is 4.79 Å². The number of aliphatic hydroxyl groups is 1. The molecule has 0 atom stereocenters. The lowest BCUT2D eigenvalue weighted by atomic mass is 10.2. The van der Waals surface area contributed by atoms with Gasteiger partial charge in [-0.15, -0.1) is 0 Å². The molecule has 2 aromatic rings. The highest BCUT2D eigenvalue weighted by Crippen LogP contribution is 2.19. The fraction of sp³-hybridized carbons (Fsp3) is 0.133. The monoisotopic (exact) mass is 291 g/mol. The van der Waals surface area contributed by atoms with Crippen LogP contribution in [-0.2, 0) is 0 Å². The van der Waals surface area contributed by atoms with E-state index in [0.717, 1.165) is 0 Å². The molecule has 0 heterocycles. The molecule has 0 saturated carbocycles. The molecule has 0 saturated heterocycles. The summed E-state index contributed by atoms with van der Waals surface area (Å²) in [6.45, 7) is 0.205. The molecule has 0 aliphatic carbocycles. The molecule has 2 N–H and O–H groups in total. The summed E-state index contributed by atoms with van der Waals surface area (Å²) < 4.78 is 5.24. The molecule has 20 heavy (non-hydrogen) atoms. The number of hydrogen-bond donors (Lipinski definition) is 2. The average molecular weight is 292 g/mol. The quantitative estimate of drug-likeness (QED) is 0.890. The van der Waals surface area contributed by atoms with Crippen LogP contribution < -0.4 is 10.1 Å². The van der Waals surface area contributed by atoms with E-state index in [2.05, 4.69) is 5.32 Å². The maximum Gasteiger partial charge on any atom is 0.257 e. The number of carbonyl (C=O) groups excluding carboxylic acids is 1. The van der Waals surface area contributed by atoms with Crippen LogP contribution in [0.3, 0.4) is 0 Å². The molecule has 0 spiro atoms. The number of ether oxygens (including phenoxy) is 1. The Kier molecular flexibility index (Phi) is 4.98. The first kappa shape index (κ1) is 14.4. The van der Waals surface area contributed by atoms with Gasteiger partial charge >= 0.3 is 0 Å². The van der Waals surface area contributed by atoms with E-state index in [4.69, 9.17) is 21.4 Å². The van der Waals surface area contributed by atoms with Gasteiger partial charge in [0.05, 0.1) is 17.2 Å². The van der Waals surface area contributed by atoms with Gasteiger partial charge in [-0.2, -0.15) is 0 Å². The topological polar surface area (TPSA) is 58.6 Å². The second-order valence-electron chi connectivity index (χ2n) is 4.03. The van der Waals surface area contributed by atoms with Crippen molar-refractivity contribution < 1.29 is 14.6 Å². The number of hydrogen-bond acceptors (Lipinski definition) is 3. The largest absolute Gasteiger partial charge is 0.491 e. The van der Waals surface area contributed by atoms with Crippen LogP contribution in [0.1, 0.15) is 10.4 Å². The van der Waals surface area contributed by atoms with Crippen molar-refractivity contribution in [1.29, 1.82) is 0 Å². The highest BCUT2D eigenvalue weighted by Gasteiger charge is 2.09. The first-order valence-electron chi connectivity index (χ1n) is 6.10. The maximum absolute atomic E-state index is 12.0. The van der Waals surface area contributed by atoms with Crippen molar-refractivity contribution in [2.45, 2.75) is 0 Å². The Morgan fingerprint density at radius 2 is 1.85 bits per heavy atom. The van der Waals surface area contributed by atoms with E-state index >= 15 is 0 Å². The van der Waals surface area contributed by atoms with E-state index in [9.17, 15) is 4.79 Å². The molecule has 0 unspecified atom stereocenters. The first-order chi connectivity index (χ1) is 9.70. The lowest BCUT2D eigenvalue weighted by Gasteiger charge is -2.08. The van der Waals surface area contributed by atoms with E-state index in [0.29, 0.717) is 22.0 Å². The normalized spacial score (nSPS) is 10.1. The van der Waals surface area contributed by atoms with Crippen LogP contribution in [0, 0.1) is 0 Å². The molecule has 2 rings (SSSR count). The second kappa shape index (κ2) is 6.93. The zero-order chi connectivity index (χ0) is 14.4. The number of carbonyl (C=O) groups is 1. The molecule has 5 heteroatoms. The number of rotatable bonds is 5. The lowest BCUT2D eigenvalue weighted by molar-refractivity contribution is 0.102. The molecule has 1 amide bonds. The smallest absolute Gasteiger partial charge is 0.257 e. The predicted octanol–water partition coefficient (Wildman–Crippen LogP) is 2.96. The highest BCUT2D eigenvalue weighted by molar-refractivity contribution is 6.34. The summed E-state index contributed by atoms with van der Waals surface area (Å²) >= 11 is 5.96. The minimum Gasteiger partial charge on any atom is -0.491 e. The molecule has 0 aliphatic rings. The van der Waals surface area contributed by atoms with Crippen LogP contribution in [-0.4, -0.2) is 24.2 Å². The SMILES string of the molecule is O=C(Nc1ccc(OCCO)cc1)c1ccccc1Cl. The number of halogens is 1. The second-order valence-corrected chi connectivity index (χ2v) is 4.44. The van der Waals surface area contributed by atoms with Crippen molar-refractivity contribution in [3.8, 4) is 5.75 Å². The third kappa shape index (κ3) is 3.73. The summed E-state index contributed by atoms with van der Waals surface area (Å²) in [4.78, 5) is 12.0. The van der Waals surface area contributed by atoms with E-state index in [1.54, 1.807) is 48.5 Å². The van der Waals surface area contributed by atoms with E-state index in [-0.39, 0.29) is 19.1 Å². The van der Waals surface area contributed by atoms with Crippen LogP contribution in [0.5, 0.6) is 5.75 Å². The van der Waals surface area contributed by atoms with Gasteiger partial charge in [0, 0.05) is 5.69 Å². The first-order valence-corrected chi connectivity index (χ1v) is 6.48. The molecule has 2 aromatic carbocycles. The van der Waals surface area contributed by atoms with Crippen molar-refractivity contribution in [1.82, 2.24) is 0 Å². The zero-order valence-electron chi connectivity index (χ0n) is 10.7. The van der Waals surface area contributed by atoms with Gasteiger partial charge < -0.3 is 15.2 Å². The van der Waals surface area contributed by atoms with Crippen molar-refractivity contribution in [2.75, 3.05) is 18.5 Å². The zero-order valence-corrected chi connectivity index (χ0v) is 11.4. The van der Waals surface area contributed by atoms with Gasteiger partial charge in [0.15, 0.2) is 0 Å². The van der Waals surface area contributed by atoms with E-state index in [1.165, 1.54) is 0 Å². The van der Waals surface area contributed by atoms with Crippen LogP contribution in [0.4, 0.5) is 5.69 Å². The summed E-state index contributed by atoms with van der Waals surface area (Å²) in [5, 5.41) is 11.8. The molecule has 4 nitrogen and oxygen atoms in total. The highest BCUT2D eigenvalue weighted by atomic mass is 35.5. The third-order valence-corrected chi connectivity index (χ3v) is 2.92. The number of aliphatic hydroxyl groups excluding tert-OH is 1. The predicted molar refractivity (Wildman–Crippen MR) is 78.4 cm³/mol. The van der Waals surface area contributed by atoms with Gasteiger partial charge in [0.1, 0.15) is 12.4 Å². The van der Waals surface area contributed by atoms with Crippen molar-refractivity contribution >= 4 is 23.2 Å². The molecular formula is C15H14ClNO3. The third-order valence-electron chi connectivity index (χ3n) is 2.59. The summed E-state index contributed by atoms with van der Waals surface area (Å²) in [6, 6.07) is 13.7. The van der Waals surface area contributed by atoms with Gasteiger partial charge in [0.2, 0.25) is 0 Å². The Bertz CT molecular complexity index is 584. The summed E-state index contributed by atoms with van der Waals surface area (Å²) in [6.07, 6.45) is 0. The molecular weight excluding hydrogens is 278 g/mol. The number of benzene rings is 2. The van der Waals surface area contributed by atoms with Crippen LogP contribution >= 0.6 is 11.6 Å². The molecule has 104 valence electrons. The Morgan fingerprint density at radius 3 is 2.50 bits per heavy atom. The van der Waals surface area contributed by atoms with Gasteiger partial charge in [-0.05, 0) is 36.4 Å². The van der Waals surface area contributed by atoms with Gasteiger partial charge in [0.25, 0.3) is 5.91 Å². The summed E-state index contributed by atoms with van der Waals surface area (Å²) in [5.74, 6) is 0.370. The molecule has 0 aliphatic heterocycles. The molecule has 0 fully saturated rings. The Balaban J connectivity index is 2.03. The van der Waals surface area contributed by atoms with E-state index in [1.807, 2.05) is 0 Å². The Labute approximate surface area is 122 Å². The fourth-order valence-electron chi connectivity index (χ4n) is 1.64. The van der Waals surface area contributed by atoms with E-state index < -0.39 is 0 Å². The van der Waals surface area contributed by atoms with Gasteiger partial charge in [-0.25, -0.2) is 0 Å².